The van der Waals surface area contributed by atoms with Gasteiger partial charge in [-0.2, -0.15) is 0 Å². The van der Waals surface area contributed by atoms with E-state index in [9.17, 15) is 0 Å². The molecule has 2 nitrogen and oxygen atoms in total. The predicted molar refractivity (Wildman–Crippen MR) is 45.5 cm³/mol. The normalized spacial score (nSPS) is 9.64. The monoisotopic (exact) mass is 151 g/mol. The van der Waals surface area contributed by atoms with Crippen LogP contribution in [-0.2, 0) is 6.42 Å². The highest BCUT2D eigenvalue weighted by Crippen LogP contribution is 2.11. The molecule has 0 aliphatic heterocycles. The fraction of sp³-hybridized carbons (Fsp3) is 0.333. The van der Waals surface area contributed by atoms with Gasteiger partial charge in [-0.1, -0.05) is 19.1 Å². The number of nitrogens with two attached hydrogens (primary N) is 1. The van der Waals surface area contributed by atoms with Crippen LogP contribution in [0.5, 0.6) is 5.75 Å². The molecule has 0 fully saturated rings. The Morgan fingerprint density at radius 1 is 1.27 bits per heavy atom. The van der Waals surface area contributed by atoms with Gasteiger partial charge < -0.3 is 4.74 Å². The zero-order valence-electron chi connectivity index (χ0n) is 6.71. The molecule has 11 heavy (non-hydrogen) atoms. The third-order valence-corrected chi connectivity index (χ3v) is 1.58. The summed E-state index contributed by atoms with van der Waals surface area (Å²) in [6, 6.07) is 7.97. The molecule has 0 radical (unpaired) electrons. The van der Waals surface area contributed by atoms with Crippen LogP contribution in [0.2, 0.25) is 0 Å². The van der Waals surface area contributed by atoms with Crippen LogP contribution < -0.4 is 10.5 Å². The van der Waals surface area contributed by atoms with E-state index < -0.39 is 0 Å². The lowest BCUT2D eigenvalue weighted by Crippen LogP contribution is -2.06. The van der Waals surface area contributed by atoms with Crippen LogP contribution in [0.3, 0.4) is 0 Å². The summed E-state index contributed by atoms with van der Waals surface area (Å²) in [7, 11) is 0. The van der Waals surface area contributed by atoms with Gasteiger partial charge in [0.2, 0.25) is 0 Å². The third-order valence-electron chi connectivity index (χ3n) is 1.58. The van der Waals surface area contributed by atoms with Crippen molar-refractivity contribution in [1.82, 2.24) is 0 Å². The lowest BCUT2D eigenvalue weighted by molar-refractivity contribution is 0.329. The average Bonchev–Trinajstić information content (AvgIpc) is 2.07. The molecular formula is C9H13NO. The second-order valence-electron chi connectivity index (χ2n) is 2.31. The lowest BCUT2D eigenvalue weighted by atomic mass is 10.2. The lowest BCUT2D eigenvalue weighted by Gasteiger charge is -2.02. The van der Waals surface area contributed by atoms with E-state index in [1.807, 2.05) is 24.3 Å². The molecule has 0 heterocycles. The first-order valence-electron chi connectivity index (χ1n) is 3.78. The standard InChI is InChI=1S/C9H13NO/c1-2-8-3-5-9(6-4-8)11-7-10/h3-6H,2,7,10H2,1H3. The Bertz CT molecular complexity index is 205. The zero-order chi connectivity index (χ0) is 8.10. The Hall–Kier alpha value is -1.02. The predicted octanol–water partition coefficient (Wildman–Crippen LogP) is 1.54. The van der Waals surface area contributed by atoms with Gasteiger partial charge in [-0.25, -0.2) is 0 Å². The molecule has 0 aliphatic carbocycles. The van der Waals surface area contributed by atoms with E-state index in [0.717, 1.165) is 12.2 Å². The van der Waals surface area contributed by atoms with Gasteiger partial charge in [-0.3, -0.25) is 5.73 Å². The number of aryl methyl sites for hydroxylation is 1. The summed E-state index contributed by atoms with van der Waals surface area (Å²) >= 11 is 0. The molecule has 0 aliphatic rings. The van der Waals surface area contributed by atoms with Crippen molar-refractivity contribution >= 4 is 0 Å². The fourth-order valence-electron chi connectivity index (χ4n) is 0.918. The smallest absolute Gasteiger partial charge is 0.137 e. The maximum Gasteiger partial charge on any atom is 0.137 e. The molecule has 2 heteroatoms. The number of rotatable bonds is 3. The van der Waals surface area contributed by atoms with E-state index in [-0.39, 0.29) is 6.73 Å². The average molecular weight is 151 g/mol. The second kappa shape index (κ2) is 3.98. The van der Waals surface area contributed by atoms with E-state index in [0.29, 0.717) is 0 Å². The van der Waals surface area contributed by atoms with Gasteiger partial charge in [-0.15, -0.1) is 0 Å². The summed E-state index contributed by atoms with van der Waals surface area (Å²) in [4.78, 5) is 0. The number of hydrogen-bond donors (Lipinski definition) is 1. The van der Waals surface area contributed by atoms with E-state index in [1.165, 1.54) is 5.56 Å². The molecule has 2 N–H and O–H groups in total. The van der Waals surface area contributed by atoms with Crippen molar-refractivity contribution in [3.8, 4) is 5.75 Å². The Morgan fingerprint density at radius 2 is 1.91 bits per heavy atom. The number of hydrogen-bond acceptors (Lipinski definition) is 2. The zero-order valence-corrected chi connectivity index (χ0v) is 6.71. The number of ether oxygens (including phenoxy) is 1. The minimum Gasteiger partial charge on any atom is -0.479 e. The van der Waals surface area contributed by atoms with Crippen LogP contribution in [0.15, 0.2) is 24.3 Å². The first-order valence-corrected chi connectivity index (χ1v) is 3.78. The topological polar surface area (TPSA) is 35.2 Å². The van der Waals surface area contributed by atoms with Gasteiger partial charge in [0.05, 0.1) is 0 Å². The maximum absolute atomic E-state index is 5.21. The van der Waals surface area contributed by atoms with E-state index in [1.54, 1.807) is 0 Å². The van der Waals surface area contributed by atoms with Gasteiger partial charge in [0.1, 0.15) is 12.5 Å². The van der Waals surface area contributed by atoms with Crippen molar-refractivity contribution in [2.75, 3.05) is 6.73 Å². The molecule has 0 bridgehead atoms. The van der Waals surface area contributed by atoms with Gasteiger partial charge >= 0.3 is 0 Å². The van der Waals surface area contributed by atoms with Crippen molar-refractivity contribution in [2.24, 2.45) is 5.73 Å². The van der Waals surface area contributed by atoms with Crippen molar-refractivity contribution in [3.05, 3.63) is 29.8 Å². The molecule has 1 rings (SSSR count). The molecule has 0 saturated heterocycles. The van der Waals surface area contributed by atoms with Gasteiger partial charge in [0, 0.05) is 0 Å². The van der Waals surface area contributed by atoms with Crippen LogP contribution >= 0.6 is 0 Å². The second-order valence-corrected chi connectivity index (χ2v) is 2.31. The van der Waals surface area contributed by atoms with Crippen LogP contribution in [0, 0.1) is 0 Å². The molecule has 0 atom stereocenters. The quantitative estimate of drug-likeness (QED) is 0.665. The Morgan fingerprint density at radius 3 is 2.36 bits per heavy atom. The molecule has 60 valence electrons. The highest BCUT2D eigenvalue weighted by Gasteiger charge is 1.90. The molecule has 0 saturated carbocycles. The van der Waals surface area contributed by atoms with Gasteiger partial charge in [-0.05, 0) is 24.1 Å². The summed E-state index contributed by atoms with van der Waals surface area (Å²) < 4.78 is 5.08. The summed E-state index contributed by atoms with van der Waals surface area (Å²) in [5.41, 5.74) is 6.52. The third kappa shape index (κ3) is 2.24. The first-order chi connectivity index (χ1) is 5.36. The Labute approximate surface area is 67.0 Å². The largest absolute Gasteiger partial charge is 0.479 e. The van der Waals surface area contributed by atoms with Crippen molar-refractivity contribution in [3.63, 3.8) is 0 Å². The molecule has 0 spiro atoms. The fourth-order valence-corrected chi connectivity index (χ4v) is 0.918. The van der Waals surface area contributed by atoms with Crippen LogP contribution in [0.1, 0.15) is 12.5 Å². The van der Waals surface area contributed by atoms with Crippen LogP contribution in [0.25, 0.3) is 0 Å². The van der Waals surface area contributed by atoms with E-state index in [4.69, 9.17) is 10.5 Å². The SMILES string of the molecule is CCc1ccc(OCN)cc1. The van der Waals surface area contributed by atoms with Crippen molar-refractivity contribution in [1.29, 1.82) is 0 Å². The summed E-state index contributed by atoms with van der Waals surface area (Å²) in [5, 5.41) is 0. The molecule has 1 aromatic rings. The van der Waals surface area contributed by atoms with Crippen molar-refractivity contribution in [2.45, 2.75) is 13.3 Å². The maximum atomic E-state index is 5.21. The minimum absolute atomic E-state index is 0.242. The van der Waals surface area contributed by atoms with Gasteiger partial charge in [0.15, 0.2) is 0 Å². The Balaban J connectivity index is 2.66. The molecule has 0 amide bonds. The minimum atomic E-state index is 0.242. The summed E-state index contributed by atoms with van der Waals surface area (Å²) in [6.45, 7) is 2.37. The van der Waals surface area contributed by atoms with E-state index in [2.05, 4.69) is 6.92 Å². The molecule has 0 unspecified atom stereocenters. The summed E-state index contributed by atoms with van der Waals surface area (Å²) in [6.07, 6.45) is 1.06. The van der Waals surface area contributed by atoms with E-state index >= 15 is 0 Å². The highest BCUT2D eigenvalue weighted by molar-refractivity contribution is 5.26. The number of benzene rings is 1. The first kappa shape index (κ1) is 8.08. The summed E-state index contributed by atoms with van der Waals surface area (Å²) in [5.74, 6) is 0.838. The van der Waals surface area contributed by atoms with Gasteiger partial charge in [0.25, 0.3) is 0 Å². The molecule has 1 aromatic carbocycles. The molecular weight excluding hydrogens is 138 g/mol. The Kier molecular flexibility index (Phi) is 2.93. The van der Waals surface area contributed by atoms with Crippen LogP contribution in [-0.4, -0.2) is 6.73 Å². The molecule has 0 aromatic heterocycles. The highest BCUT2D eigenvalue weighted by atomic mass is 16.5. The van der Waals surface area contributed by atoms with Crippen LogP contribution in [0.4, 0.5) is 0 Å². The van der Waals surface area contributed by atoms with Crippen molar-refractivity contribution < 1.29 is 4.74 Å².